The zero-order valence-corrected chi connectivity index (χ0v) is 22.7. The molecule has 0 aliphatic carbocycles. The van der Waals surface area contributed by atoms with Gasteiger partial charge in [-0.1, -0.05) is 37.4 Å². The molecule has 208 valence electrons. The molecule has 2 heterocycles. The average molecular weight is 553 g/mol. The number of carbonyl (C=O) groups is 2. The van der Waals surface area contributed by atoms with Gasteiger partial charge in [-0.05, 0) is 57.9 Å². The molecule has 4 aromatic rings. The van der Waals surface area contributed by atoms with Crippen LogP contribution in [0.3, 0.4) is 0 Å². The van der Waals surface area contributed by atoms with E-state index in [-0.39, 0.29) is 19.1 Å². The Morgan fingerprint density at radius 1 is 0.732 bits per heavy atom. The van der Waals surface area contributed by atoms with Crippen molar-refractivity contribution in [3.05, 3.63) is 83.9 Å². The van der Waals surface area contributed by atoms with Crippen molar-refractivity contribution in [1.82, 2.24) is 0 Å². The summed E-state index contributed by atoms with van der Waals surface area (Å²) in [7, 11) is 2.65. The van der Waals surface area contributed by atoms with Gasteiger partial charge in [0, 0.05) is 34.6 Å². The van der Waals surface area contributed by atoms with Gasteiger partial charge in [0.15, 0.2) is 13.2 Å². The Hall–Kier alpha value is -4.98. The monoisotopic (exact) mass is 552 g/mol. The molecule has 0 amide bonds. The Morgan fingerprint density at radius 3 is 1.59 bits per heavy atom. The van der Waals surface area contributed by atoms with Crippen LogP contribution in [0.1, 0.15) is 34.6 Å². The SMILES string of the molecule is C=Cc1c(OCC(=O)OC)ccc2c3c(ccc12)OC1CC3c2c(ccc3c(C=C)c(OCC(=O)OC)ccc23)O1. The molecule has 0 saturated heterocycles. The summed E-state index contributed by atoms with van der Waals surface area (Å²) in [5, 5.41) is 3.86. The first-order valence-corrected chi connectivity index (χ1v) is 13.1. The third-order valence-electron chi connectivity index (χ3n) is 7.60. The summed E-state index contributed by atoms with van der Waals surface area (Å²) < 4.78 is 33.5. The first-order valence-electron chi connectivity index (χ1n) is 13.1. The highest BCUT2D eigenvalue weighted by Crippen LogP contribution is 2.53. The van der Waals surface area contributed by atoms with Crippen molar-refractivity contribution in [2.45, 2.75) is 18.6 Å². The van der Waals surface area contributed by atoms with E-state index in [1.165, 1.54) is 14.2 Å². The quantitative estimate of drug-likeness (QED) is 0.245. The molecule has 4 aromatic carbocycles. The summed E-state index contributed by atoms with van der Waals surface area (Å²) in [6.07, 6.45) is 3.67. The van der Waals surface area contributed by atoms with Gasteiger partial charge in [0.1, 0.15) is 23.0 Å². The Kier molecular flexibility index (Phi) is 6.75. The molecule has 0 N–H and O–H groups in total. The standard InChI is InChI=1S/C33H28O8/c1-5-18-20-7-13-27-32(22(20)9-11-25(18)38-16-29(34)36-3)24-15-31(40-27)41-28-14-8-21-19(6-2)26(39-17-30(35)37-4)12-10-23(21)33(24)28/h5-14,24,31H,1-2,15-17H2,3-4H3. The number of esters is 2. The van der Waals surface area contributed by atoms with Gasteiger partial charge in [-0.25, -0.2) is 9.59 Å². The second-order valence-corrected chi connectivity index (χ2v) is 9.69. The average Bonchev–Trinajstić information content (AvgIpc) is 3.00. The summed E-state index contributed by atoms with van der Waals surface area (Å²) in [5.74, 6) is 1.63. The molecule has 0 atom stereocenters. The molecule has 0 radical (unpaired) electrons. The van der Waals surface area contributed by atoms with Crippen LogP contribution >= 0.6 is 0 Å². The Balaban J connectivity index is 1.50. The smallest absolute Gasteiger partial charge is 0.343 e. The Morgan fingerprint density at radius 2 is 1.17 bits per heavy atom. The Bertz CT molecular complexity index is 1610. The second-order valence-electron chi connectivity index (χ2n) is 9.69. The number of hydrogen-bond acceptors (Lipinski definition) is 8. The van der Waals surface area contributed by atoms with E-state index >= 15 is 0 Å². The van der Waals surface area contributed by atoms with Gasteiger partial charge in [0.05, 0.1) is 14.2 Å². The molecule has 2 bridgehead atoms. The maximum Gasteiger partial charge on any atom is 0.343 e. The Labute approximate surface area is 236 Å². The van der Waals surface area contributed by atoms with E-state index in [1.54, 1.807) is 12.2 Å². The van der Waals surface area contributed by atoms with Crippen LogP contribution in [0, 0.1) is 0 Å². The molecule has 0 unspecified atom stereocenters. The predicted molar refractivity (Wildman–Crippen MR) is 155 cm³/mol. The van der Waals surface area contributed by atoms with Gasteiger partial charge in [0.2, 0.25) is 6.29 Å². The highest BCUT2D eigenvalue weighted by Gasteiger charge is 2.39. The highest BCUT2D eigenvalue weighted by atomic mass is 16.7. The van der Waals surface area contributed by atoms with Crippen LogP contribution in [-0.4, -0.2) is 45.7 Å². The number of fused-ring (bicyclic) bond motifs is 10. The van der Waals surface area contributed by atoms with Crippen LogP contribution in [0.2, 0.25) is 0 Å². The largest absolute Gasteiger partial charge is 0.481 e. The van der Waals surface area contributed by atoms with E-state index in [1.807, 2.05) is 48.5 Å². The lowest BCUT2D eigenvalue weighted by molar-refractivity contribution is -0.143. The normalized spacial score (nSPS) is 16.4. The third-order valence-corrected chi connectivity index (χ3v) is 7.60. The van der Waals surface area contributed by atoms with E-state index in [9.17, 15) is 9.59 Å². The molecule has 2 aliphatic rings. The van der Waals surface area contributed by atoms with Gasteiger partial charge in [-0.15, -0.1) is 0 Å². The summed E-state index contributed by atoms with van der Waals surface area (Å²) in [6.45, 7) is 7.60. The van der Waals surface area contributed by atoms with E-state index in [2.05, 4.69) is 13.2 Å². The van der Waals surface area contributed by atoms with Crippen molar-refractivity contribution in [3.63, 3.8) is 0 Å². The fourth-order valence-electron chi connectivity index (χ4n) is 5.79. The van der Waals surface area contributed by atoms with E-state index in [0.29, 0.717) is 17.9 Å². The summed E-state index contributed by atoms with van der Waals surface area (Å²) in [5.41, 5.74) is 3.65. The molecule has 0 saturated carbocycles. The van der Waals surface area contributed by atoms with Crippen molar-refractivity contribution in [1.29, 1.82) is 0 Å². The first kappa shape index (κ1) is 26.3. The van der Waals surface area contributed by atoms with E-state index in [4.69, 9.17) is 28.4 Å². The fourth-order valence-corrected chi connectivity index (χ4v) is 5.79. The van der Waals surface area contributed by atoms with Gasteiger partial charge in [-0.3, -0.25) is 0 Å². The van der Waals surface area contributed by atoms with Gasteiger partial charge >= 0.3 is 11.9 Å². The lowest BCUT2D eigenvalue weighted by atomic mass is 9.78. The number of benzene rings is 4. The van der Waals surface area contributed by atoms with Crippen LogP contribution in [0.4, 0.5) is 0 Å². The van der Waals surface area contributed by atoms with Crippen LogP contribution < -0.4 is 18.9 Å². The molecular weight excluding hydrogens is 524 g/mol. The van der Waals surface area contributed by atoms with Crippen molar-refractivity contribution in [3.8, 4) is 23.0 Å². The molecule has 2 aliphatic heterocycles. The van der Waals surface area contributed by atoms with Crippen LogP contribution in [-0.2, 0) is 19.1 Å². The van der Waals surface area contributed by atoms with Crippen molar-refractivity contribution in [2.24, 2.45) is 0 Å². The van der Waals surface area contributed by atoms with Crippen LogP contribution in [0.15, 0.2) is 61.7 Å². The molecule has 8 nitrogen and oxygen atoms in total. The molecule has 6 rings (SSSR count). The lowest BCUT2D eigenvalue weighted by Crippen LogP contribution is -2.35. The molecule has 8 heteroatoms. The number of carbonyl (C=O) groups excluding carboxylic acids is 2. The first-order chi connectivity index (χ1) is 20.0. The number of ether oxygens (including phenoxy) is 6. The summed E-state index contributed by atoms with van der Waals surface area (Å²) >= 11 is 0. The number of methoxy groups -OCH3 is 2. The van der Waals surface area contributed by atoms with Crippen LogP contribution in [0.5, 0.6) is 23.0 Å². The zero-order chi connectivity index (χ0) is 28.7. The minimum Gasteiger partial charge on any atom is -0.481 e. The number of rotatable bonds is 8. The minimum absolute atomic E-state index is 0.0288. The maximum absolute atomic E-state index is 11.7. The topological polar surface area (TPSA) is 89.5 Å². The number of hydrogen-bond donors (Lipinski definition) is 0. The van der Waals surface area contributed by atoms with Gasteiger partial charge in [0.25, 0.3) is 0 Å². The fraction of sp³-hybridized carbons (Fsp3) is 0.212. The molecular formula is C33H28O8. The molecule has 0 fully saturated rings. The van der Waals surface area contributed by atoms with Gasteiger partial charge in [-0.2, -0.15) is 0 Å². The minimum atomic E-state index is -0.464. The van der Waals surface area contributed by atoms with Gasteiger partial charge < -0.3 is 28.4 Å². The third kappa shape index (κ3) is 4.41. The maximum atomic E-state index is 11.7. The summed E-state index contributed by atoms with van der Waals surface area (Å²) in [4.78, 5) is 23.4. The highest BCUT2D eigenvalue weighted by molar-refractivity contribution is 6.00. The predicted octanol–water partition coefficient (Wildman–Crippen LogP) is 6.02. The zero-order valence-electron chi connectivity index (χ0n) is 22.7. The van der Waals surface area contributed by atoms with E-state index in [0.717, 1.165) is 55.3 Å². The molecule has 0 aromatic heterocycles. The van der Waals surface area contributed by atoms with Crippen molar-refractivity contribution < 1.29 is 38.0 Å². The second kappa shape index (κ2) is 10.5. The van der Waals surface area contributed by atoms with Crippen molar-refractivity contribution in [2.75, 3.05) is 27.4 Å². The van der Waals surface area contributed by atoms with Crippen LogP contribution in [0.25, 0.3) is 33.7 Å². The molecule has 41 heavy (non-hydrogen) atoms. The van der Waals surface area contributed by atoms with E-state index < -0.39 is 18.2 Å². The molecule has 0 spiro atoms. The van der Waals surface area contributed by atoms with Crippen molar-refractivity contribution >= 4 is 45.6 Å². The lowest BCUT2D eigenvalue weighted by Gasteiger charge is -2.39. The summed E-state index contributed by atoms with van der Waals surface area (Å²) in [6, 6.07) is 15.5.